The molecule has 1 rings (SSSR count). The molecule has 22 heavy (non-hydrogen) atoms. The zero-order valence-electron chi connectivity index (χ0n) is 14.5. The van der Waals surface area contributed by atoms with Gasteiger partial charge in [0.2, 0.25) is 0 Å². The van der Waals surface area contributed by atoms with Crippen molar-refractivity contribution in [1.29, 1.82) is 0 Å². The Morgan fingerprint density at radius 2 is 2.00 bits per heavy atom. The summed E-state index contributed by atoms with van der Waals surface area (Å²) < 4.78 is 5.56. The van der Waals surface area contributed by atoms with Crippen LogP contribution >= 0.6 is 0 Å². The molecule has 0 aliphatic carbocycles. The van der Waals surface area contributed by atoms with Crippen molar-refractivity contribution in [2.24, 2.45) is 10.9 Å². The second-order valence-corrected chi connectivity index (χ2v) is 5.99. The van der Waals surface area contributed by atoms with Crippen molar-refractivity contribution in [2.75, 3.05) is 33.4 Å². The minimum absolute atomic E-state index is 0.601. The van der Waals surface area contributed by atoms with E-state index < -0.39 is 0 Å². The van der Waals surface area contributed by atoms with Crippen LogP contribution in [0, 0.1) is 12.8 Å². The van der Waals surface area contributed by atoms with Crippen LogP contribution in [-0.4, -0.2) is 39.3 Å². The number of aliphatic imine (C=N–C) groups is 1. The first-order valence-corrected chi connectivity index (χ1v) is 8.19. The van der Waals surface area contributed by atoms with Crippen molar-refractivity contribution in [1.82, 2.24) is 10.6 Å². The van der Waals surface area contributed by atoms with Gasteiger partial charge in [0.05, 0.1) is 0 Å². The zero-order valence-corrected chi connectivity index (χ0v) is 14.5. The van der Waals surface area contributed by atoms with Gasteiger partial charge in [-0.05, 0) is 31.2 Å². The number of nitrogens with zero attached hydrogens (tertiary/aromatic N) is 1. The average Bonchev–Trinajstić information content (AvgIpc) is 2.48. The molecule has 124 valence electrons. The number of nitrogens with one attached hydrogen (secondary N) is 2. The molecule has 0 radical (unpaired) electrons. The van der Waals surface area contributed by atoms with Crippen LogP contribution in [0.3, 0.4) is 0 Å². The Kier molecular flexibility index (Phi) is 9.31. The van der Waals surface area contributed by atoms with Gasteiger partial charge in [-0.3, -0.25) is 4.99 Å². The lowest BCUT2D eigenvalue weighted by atomic mass is 10.1. The van der Waals surface area contributed by atoms with Gasteiger partial charge in [-0.15, -0.1) is 0 Å². The molecule has 0 aliphatic heterocycles. The fourth-order valence-electron chi connectivity index (χ4n) is 2.11. The van der Waals surface area contributed by atoms with E-state index in [1.165, 1.54) is 11.1 Å². The molecule has 0 spiro atoms. The fourth-order valence-corrected chi connectivity index (χ4v) is 2.11. The fraction of sp³-hybridized carbons (Fsp3) is 0.611. The topological polar surface area (TPSA) is 45.7 Å². The molecule has 0 saturated carbocycles. The SMILES string of the molecule is CN=C(NCCCOCC(C)C)NCCc1cccc(C)c1. The molecule has 0 atom stereocenters. The zero-order chi connectivity index (χ0) is 16.2. The van der Waals surface area contributed by atoms with Crippen LogP contribution in [0.15, 0.2) is 29.3 Å². The molecule has 1 aromatic carbocycles. The number of aryl methyl sites for hydroxylation is 1. The molecule has 1 aromatic rings. The molecular formula is C18H31N3O. The lowest BCUT2D eigenvalue weighted by Gasteiger charge is -2.12. The summed E-state index contributed by atoms with van der Waals surface area (Å²) in [5, 5.41) is 6.66. The molecule has 0 heterocycles. The number of ether oxygens (including phenoxy) is 1. The van der Waals surface area contributed by atoms with Crippen LogP contribution in [0.5, 0.6) is 0 Å². The summed E-state index contributed by atoms with van der Waals surface area (Å²) in [4.78, 5) is 4.24. The summed E-state index contributed by atoms with van der Waals surface area (Å²) in [6.07, 6.45) is 1.99. The monoisotopic (exact) mass is 305 g/mol. The maximum atomic E-state index is 5.56. The third-order valence-electron chi connectivity index (χ3n) is 3.22. The van der Waals surface area contributed by atoms with Gasteiger partial charge in [-0.1, -0.05) is 43.7 Å². The van der Waals surface area contributed by atoms with Gasteiger partial charge < -0.3 is 15.4 Å². The van der Waals surface area contributed by atoms with Crippen LogP contribution in [0.4, 0.5) is 0 Å². The van der Waals surface area contributed by atoms with E-state index in [-0.39, 0.29) is 0 Å². The lowest BCUT2D eigenvalue weighted by Crippen LogP contribution is -2.39. The van der Waals surface area contributed by atoms with Crippen molar-refractivity contribution >= 4 is 5.96 Å². The minimum atomic E-state index is 0.601. The molecule has 0 bridgehead atoms. The van der Waals surface area contributed by atoms with Gasteiger partial charge in [0.1, 0.15) is 0 Å². The summed E-state index contributed by atoms with van der Waals surface area (Å²) in [5.41, 5.74) is 2.66. The number of hydrogen-bond acceptors (Lipinski definition) is 2. The molecule has 0 aromatic heterocycles. The van der Waals surface area contributed by atoms with Crippen LogP contribution in [0.2, 0.25) is 0 Å². The molecule has 0 unspecified atom stereocenters. The van der Waals surface area contributed by atoms with Gasteiger partial charge in [0.15, 0.2) is 5.96 Å². The van der Waals surface area contributed by atoms with Gasteiger partial charge in [-0.25, -0.2) is 0 Å². The highest BCUT2D eigenvalue weighted by atomic mass is 16.5. The second-order valence-electron chi connectivity index (χ2n) is 5.99. The quantitative estimate of drug-likeness (QED) is 0.419. The van der Waals surface area contributed by atoms with Crippen LogP contribution in [0.1, 0.15) is 31.4 Å². The van der Waals surface area contributed by atoms with Crippen molar-refractivity contribution in [3.8, 4) is 0 Å². The second kappa shape index (κ2) is 11.1. The maximum Gasteiger partial charge on any atom is 0.190 e. The van der Waals surface area contributed by atoms with Crippen molar-refractivity contribution in [2.45, 2.75) is 33.6 Å². The molecule has 4 nitrogen and oxygen atoms in total. The number of hydrogen-bond donors (Lipinski definition) is 2. The predicted octanol–water partition coefficient (Wildman–Crippen LogP) is 2.77. The normalized spacial score (nSPS) is 11.8. The molecule has 0 amide bonds. The van der Waals surface area contributed by atoms with E-state index >= 15 is 0 Å². The highest BCUT2D eigenvalue weighted by Gasteiger charge is 1.99. The van der Waals surface area contributed by atoms with Crippen LogP contribution < -0.4 is 10.6 Å². The molecular weight excluding hydrogens is 274 g/mol. The van der Waals surface area contributed by atoms with Crippen molar-refractivity contribution < 1.29 is 4.74 Å². The first-order chi connectivity index (χ1) is 10.6. The molecule has 0 saturated heterocycles. The summed E-state index contributed by atoms with van der Waals surface area (Å²) in [5.74, 6) is 1.46. The van der Waals surface area contributed by atoms with E-state index in [9.17, 15) is 0 Å². The molecule has 4 heteroatoms. The third kappa shape index (κ3) is 8.67. The maximum absolute atomic E-state index is 5.56. The Morgan fingerprint density at radius 3 is 2.68 bits per heavy atom. The first-order valence-electron chi connectivity index (χ1n) is 8.19. The molecule has 0 fully saturated rings. The van der Waals surface area contributed by atoms with E-state index in [1.807, 2.05) is 0 Å². The Morgan fingerprint density at radius 1 is 1.23 bits per heavy atom. The molecule has 0 aliphatic rings. The van der Waals surface area contributed by atoms with Gasteiger partial charge in [-0.2, -0.15) is 0 Å². The van der Waals surface area contributed by atoms with E-state index in [0.717, 1.165) is 45.1 Å². The Labute approximate surface area is 135 Å². The number of benzene rings is 1. The summed E-state index contributed by atoms with van der Waals surface area (Å²) in [6.45, 7) is 9.85. The van der Waals surface area contributed by atoms with Gasteiger partial charge in [0, 0.05) is 33.4 Å². The predicted molar refractivity (Wildman–Crippen MR) is 94.5 cm³/mol. The average molecular weight is 305 g/mol. The van der Waals surface area contributed by atoms with Gasteiger partial charge >= 0.3 is 0 Å². The summed E-state index contributed by atoms with van der Waals surface area (Å²) in [7, 11) is 1.80. The Bertz CT molecular complexity index is 444. The third-order valence-corrected chi connectivity index (χ3v) is 3.22. The number of rotatable bonds is 9. The minimum Gasteiger partial charge on any atom is -0.381 e. The Balaban J connectivity index is 2.12. The first kappa shape index (κ1) is 18.5. The van der Waals surface area contributed by atoms with Crippen LogP contribution in [-0.2, 0) is 11.2 Å². The van der Waals surface area contributed by atoms with Crippen molar-refractivity contribution in [3.05, 3.63) is 35.4 Å². The largest absolute Gasteiger partial charge is 0.381 e. The van der Waals surface area contributed by atoms with E-state index in [2.05, 4.69) is 60.7 Å². The smallest absolute Gasteiger partial charge is 0.190 e. The highest BCUT2D eigenvalue weighted by Crippen LogP contribution is 2.03. The van der Waals surface area contributed by atoms with Crippen LogP contribution in [0.25, 0.3) is 0 Å². The summed E-state index contributed by atoms with van der Waals surface area (Å²) in [6, 6.07) is 8.62. The highest BCUT2D eigenvalue weighted by molar-refractivity contribution is 5.79. The van der Waals surface area contributed by atoms with Gasteiger partial charge in [0.25, 0.3) is 0 Å². The van der Waals surface area contributed by atoms with E-state index in [0.29, 0.717) is 5.92 Å². The van der Waals surface area contributed by atoms with Crippen molar-refractivity contribution in [3.63, 3.8) is 0 Å². The molecule has 2 N–H and O–H groups in total. The summed E-state index contributed by atoms with van der Waals surface area (Å²) >= 11 is 0. The standard InChI is InChI=1S/C18H31N3O/c1-15(2)14-22-12-6-10-20-18(19-4)21-11-9-17-8-5-7-16(3)13-17/h5,7-8,13,15H,6,9-12,14H2,1-4H3,(H2,19,20,21). The Hall–Kier alpha value is -1.55. The lowest BCUT2D eigenvalue weighted by molar-refractivity contribution is 0.108. The number of guanidine groups is 1. The van der Waals surface area contributed by atoms with E-state index in [1.54, 1.807) is 7.05 Å². The van der Waals surface area contributed by atoms with E-state index in [4.69, 9.17) is 4.74 Å².